The Bertz CT molecular complexity index is 1060. The molecule has 2 aliphatic rings. The number of pyridine rings is 1. The Kier molecular flexibility index (Phi) is 5.07. The minimum atomic E-state index is -3.83. The number of hydrogen-bond donors (Lipinski definition) is 0. The first-order valence-electron chi connectivity index (χ1n) is 9.56. The molecule has 0 bridgehead atoms. The van der Waals surface area contributed by atoms with Gasteiger partial charge in [-0.15, -0.1) is 0 Å². The predicted octanol–water partition coefficient (Wildman–Crippen LogP) is 1.61. The van der Waals surface area contributed by atoms with Crippen molar-refractivity contribution in [1.82, 2.24) is 8.87 Å². The molecule has 2 aliphatic heterocycles. The summed E-state index contributed by atoms with van der Waals surface area (Å²) < 4.78 is 28.1. The Morgan fingerprint density at radius 3 is 2.50 bits per heavy atom. The molecule has 148 valence electrons. The molecule has 0 unspecified atom stereocenters. The molecule has 0 N–H and O–H groups in total. The van der Waals surface area contributed by atoms with Crippen LogP contribution >= 0.6 is 0 Å². The number of amides is 1. The van der Waals surface area contributed by atoms with Crippen molar-refractivity contribution in [2.24, 2.45) is 0 Å². The number of carbonyl (C=O) groups is 1. The molecule has 8 heteroatoms. The lowest BCUT2D eigenvalue weighted by Crippen LogP contribution is -2.41. The molecular weight excluding hydrogens is 378 g/mol. The van der Waals surface area contributed by atoms with Crippen LogP contribution in [0.1, 0.15) is 24.8 Å². The normalized spacial score (nSPS) is 17.5. The third-order valence-corrected chi connectivity index (χ3v) is 7.30. The second-order valence-corrected chi connectivity index (χ2v) is 9.10. The minimum absolute atomic E-state index is 0.184. The summed E-state index contributed by atoms with van der Waals surface area (Å²) in [6, 6.07) is 10.6. The fraction of sp³-hybridized carbons (Fsp3) is 0.400. The number of carbonyl (C=O) groups excluding carboxylic acids is 1. The van der Waals surface area contributed by atoms with Gasteiger partial charge >= 0.3 is 0 Å². The Labute approximate surface area is 164 Å². The first-order chi connectivity index (χ1) is 13.5. The van der Waals surface area contributed by atoms with Crippen molar-refractivity contribution < 1.29 is 13.2 Å². The first kappa shape index (κ1) is 18.9. The van der Waals surface area contributed by atoms with Crippen LogP contribution in [0.2, 0.25) is 0 Å². The van der Waals surface area contributed by atoms with Crippen LogP contribution in [-0.4, -0.2) is 42.8 Å². The lowest BCUT2D eigenvalue weighted by atomic mass is 10.0. The fourth-order valence-corrected chi connectivity index (χ4v) is 5.53. The third kappa shape index (κ3) is 3.38. The van der Waals surface area contributed by atoms with E-state index in [0.29, 0.717) is 19.6 Å². The van der Waals surface area contributed by atoms with Crippen LogP contribution < -0.4 is 10.5 Å². The lowest BCUT2D eigenvalue weighted by molar-refractivity contribution is -0.119. The standard InChI is InChI=1S/C20H23N3O4S/c24-19(23-14-5-8-16-7-1-2-9-17(16)23)15-21-11-6-10-18(20(21)25)28(26,27)22-12-3-4-13-22/h1-2,6-7,9-11H,3-5,8,12-15H2. The number of rotatable bonds is 4. The van der Waals surface area contributed by atoms with Crippen LogP contribution in [0.4, 0.5) is 5.69 Å². The van der Waals surface area contributed by atoms with E-state index in [9.17, 15) is 18.0 Å². The van der Waals surface area contributed by atoms with Crippen molar-refractivity contribution in [2.45, 2.75) is 37.1 Å². The van der Waals surface area contributed by atoms with Crippen LogP contribution in [0.25, 0.3) is 0 Å². The van der Waals surface area contributed by atoms with E-state index in [1.807, 2.05) is 24.3 Å². The molecule has 0 radical (unpaired) electrons. The summed E-state index contributed by atoms with van der Waals surface area (Å²) in [6.45, 7) is 1.27. The van der Waals surface area contributed by atoms with Crippen molar-refractivity contribution in [2.75, 3.05) is 24.5 Å². The summed E-state index contributed by atoms with van der Waals surface area (Å²) in [4.78, 5) is 27.2. The number of hydrogen-bond acceptors (Lipinski definition) is 4. The van der Waals surface area contributed by atoms with Gasteiger partial charge in [0.15, 0.2) is 0 Å². The summed E-state index contributed by atoms with van der Waals surface area (Å²) in [5.74, 6) is -0.218. The molecule has 7 nitrogen and oxygen atoms in total. The third-order valence-electron chi connectivity index (χ3n) is 5.39. The van der Waals surface area contributed by atoms with Crippen molar-refractivity contribution >= 4 is 21.6 Å². The Balaban J connectivity index is 1.61. The molecule has 2 aromatic rings. The van der Waals surface area contributed by atoms with Crippen molar-refractivity contribution in [1.29, 1.82) is 0 Å². The van der Waals surface area contributed by atoms with Gasteiger partial charge in [0.2, 0.25) is 15.9 Å². The van der Waals surface area contributed by atoms with E-state index in [0.717, 1.165) is 36.9 Å². The number of fused-ring (bicyclic) bond motifs is 1. The number of sulfonamides is 1. The molecular formula is C20H23N3O4S. The summed E-state index contributed by atoms with van der Waals surface area (Å²) in [5.41, 5.74) is 1.33. The summed E-state index contributed by atoms with van der Waals surface area (Å²) in [5, 5.41) is 0. The molecule has 1 saturated heterocycles. The number of para-hydroxylation sites is 1. The Morgan fingerprint density at radius 2 is 1.71 bits per heavy atom. The van der Waals surface area contributed by atoms with Crippen LogP contribution in [0.5, 0.6) is 0 Å². The largest absolute Gasteiger partial charge is 0.311 e. The van der Waals surface area contributed by atoms with Gasteiger partial charge in [0, 0.05) is 31.5 Å². The van der Waals surface area contributed by atoms with Gasteiger partial charge in [-0.2, -0.15) is 4.31 Å². The maximum absolute atomic E-state index is 12.9. The Morgan fingerprint density at radius 1 is 0.964 bits per heavy atom. The highest BCUT2D eigenvalue weighted by Crippen LogP contribution is 2.27. The highest BCUT2D eigenvalue weighted by molar-refractivity contribution is 7.89. The average Bonchev–Trinajstić information content (AvgIpc) is 3.24. The van der Waals surface area contributed by atoms with E-state index in [1.54, 1.807) is 4.90 Å². The van der Waals surface area contributed by atoms with Gasteiger partial charge in [0.25, 0.3) is 5.56 Å². The zero-order chi connectivity index (χ0) is 19.7. The number of aryl methyl sites for hydroxylation is 1. The van der Waals surface area contributed by atoms with Gasteiger partial charge in [0.05, 0.1) is 0 Å². The van der Waals surface area contributed by atoms with E-state index in [-0.39, 0.29) is 17.3 Å². The van der Waals surface area contributed by atoms with Crippen molar-refractivity contribution in [3.8, 4) is 0 Å². The van der Waals surface area contributed by atoms with E-state index >= 15 is 0 Å². The van der Waals surface area contributed by atoms with Gasteiger partial charge in [-0.25, -0.2) is 8.42 Å². The quantitative estimate of drug-likeness (QED) is 0.780. The zero-order valence-electron chi connectivity index (χ0n) is 15.6. The smallest absolute Gasteiger partial charge is 0.271 e. The second kappa shape index (κ2) is 7.52. The maximum Gasteiger partial charge on any atom is 0.271 e. The van der Waals surface area contributed by atoms with E-state index < -0.39 is 15.6 Å². The monoisotopic (exact) mass is 401 g/mol. The summed E-state index contributed by atoms with van der Waals surface area (Å²) in [7, 11) is -3.83. The number of anilines is 1. The number of aromatic nitrogens is 1. The van der Waals surface area contributed by atoms with Gasteiger partial charge in [-0.05, 0) is 49.4 Å². The zero-order valence-corrected chi connectivity index (χ0v) is 16.4. The van der Waals surface area contributed by atoms with Crippen LogP contribution in [-0.2, 0) is 27.8 Å². The van der Waals surface area contributed by atoms with Gasteiger partial charge < -0.3 is 9.47 Å². The molecule has 1 aromatic carbocycles. The highest BCUT2D eigenvalue weighted by atomic mass is 32.2. The first-order valence-corrected chi connectivity index (χ1v) is 11.0. The minimum Gasteiger partial charge on any atom is -0.311 e. The van der Waals surface area contributed by atoms with Crippen LogP contribution in [0.15, 0.2) is 52.3 Å². The predicted molar refractivity (Wildman–Crippen MR) is 106 cm³/mol. The van der Waals surface area contributed by atoms with Gasteiger partial charge in [-0.3, -0.25) is 9.59 Å². The SMILES string of the molecule is O=C(Cn1cccc(S(=O)(=O)N2CCCC2)c1=O)N1CCCc2ccccc21. The van der Waals surface area contributed by atoms with Gasteiger partial charge in [-0.1, -0.05) is 18.2 Å². The van der Waals surface area contributed by atoms with E-state index in [2.05, 4.69) is 0 Å². The average molecular weight is 401 g/mol. The topological polar surface area (TPSA) is 79.7 Å². The number of nitrogens with zero attached hydrogens (tertiary/aromatic N) is 3. The van der Waals surface area contributed by atoms with E-state index in [1.165, 1.54) is 27.2 Å². The molecule has 0 aliphatic carbocycles. The van der Waals surface area contributed by atoms with E-state index in [4.69, 9.17) is 0 Å². The van der Waals surface area contributed by atoms with Crippen LogP contribution in [0.3, 0.4) is 0 Å². The van der Waals surface area contributed by atoms with Crippen LogP contribution in [0, 0.1) is 0 Å². The summed E-state index contributed by atoms with van der Waals surface area (Å²) in [6.07, 6.45) is 4.85. The van der Waals surface area contributed by atoms with Crippen molar-refractivity contribution in [3.05, 3.63) is 58.5 Å². The molecule has 0 spiro atoms. The molecule has 0 saturated carbocycles. The molecule has 28 heavy (non-hydrogen) atoms. The summed E-state index contributed by atoms with van der Waals surface area (Å²) >= 11 is 0. The number of benzene rings is 1. The van der Waals surface area contributed by atoms with Gasteiger partial charge in [0.1, 0.15) is 11.4 Å². The lowest BCUT2D eigenvalue weighted by Gasteiger charge is -2.29. The molecule has 1 fully saturated rings. The molecule has 1 aromatic heterocycles. The van der Waals surface area contributed by atoms with Crippen molar-refractivity contribution in [3.63, 3.8) is 0 Å². The molecule has 0 atom stereocenters. The fourth-order valence-electron chi connectivity index (χ4n) is 3.93. The highest BCUT2D eigenvalue weighted by Gasteiger charge is 2.30. The Hall–Kier alpha value is -2.45. The second-order valence-electron chi connectivity index (χ2n) is 7.19. The maximum atomic E-state index is 12.9. The molecule has 3 heterocycles. The molecule has 1 amide bonds. The molecule has 4 rings (SSSR count).